The number of aliphatic hydroxyl groups is 2. The second-order valence-corrected chi connectivity index (χ2v) is 6.53. The molecule has 112 valence electrons. The molecule has 0 aromatic heterocycles. The summed E-state index contributed by atoms with van der Waals surface area (Å²) < 4.78 is 25.3. The van der Waals surface area contributed by atoms with Crippen LogP contribution in [0.3, 0.4) is 0 Å². The van der Waals surface area contributed by atoms with Gasteiger partial charge in [0.05, 0.1) is 19.0 Å². The number of rotatable bonds is 2. The van der Waals surface area contributed by atoms with Crippen molar-refractivity contribution < 1.29 is 22.8 Å². The fraction of sp³-hybridized carbons (Fsp3) is 1.00. The van der Waals surface area contributed by atoms with E-state index in [1.54, 1.807) is 6.92 Å². The molecule has 0 saturated carbocycles. The van der Waals surface area contributed by atoms with Crippen molar-refractivity contribution in [3.63, 3.8) is 0 Å². The zero-order valence-electron chi connectivity index (χ0n) is 11.7. The zero-order valence-corrected chi connectivity index (χ0v) is 12.5. The molecule has 1 fully saturated rings. The Morgan fingerprint density at radius 1 is 1.28 bits per heavy atom. The maximum absolute atomic E-state index is 10.4. The van der Waals surface area contributed by atoms with E-state index in [9.17, 15) is 8.42 Å². The molecule has 0 spiro atoms. The molecule has 0 aromatic carbocycles. The Labute approximate surface area is 110 Å². The molecule has 1 saturated heterocycles. The first kappa shape index (κ1) is 20.1. The largest absolute Gasteiger partial charge is 0.396 e. The van der Waals surface area contributed by atoms with E-state index in [2.05, 4.69) is 4.18 Å². The summed E-state index contributed by atoms with van der Waals surface area (Å²) >= 11 is 0. The Morgan fingerprint density at radius 3 is 1.72 bits per heavy atom. The molecule has 4 N–H and O–H groups in total. The monoisotopic (exact) mass is 285 g/mol. The second kappa shape index (κ2) is 10.7. The van der Waals surface area contributed by atoms with Gasteiger partial charge < -0.3 is 15.9 Å². The van der Waals surface area contributed by atoms with Crippen LogP contribution in [-0.4, -0.2) is 50.2 Å². The predicted molar refractivity (Wildman–Crippen MR) is 71.6 cm³/mol. The summed E-state index contributed by atoms with van der Waals surface area (Å²) in [5, 5.41) is 16.2. The highest BCUT2D eigenvalue weighted by molar-refractivity contribution is 7.86. The van der Waals surface area contributed by atoms with Crippen molar-refractivity contribution in [3.05, 3.63) is 0 Å². The Balaban J connectivity index is 0. The van der Waals surface area contributed by atoms with Gasteiger partial charge in [-0.1, -0.05) is 20.8 Å². The standard InChI is InChI=1S/C4H8O3S.C4H10O.C3H9NO/c1-4-2-7-8(5,6)3-4;1-4(2)3-5;1-3(4)2-5/h4H,2-3H2,1H3;4-5H,3H2,1-2H3;3,5H,2,4H2,1H3/t4-;;3-/m0.0/s1. The molecule has 0 unspecified atom stereocenters. The van der Waals surface area contributed by atoms with Gasteiger partial charge in [0.2, 0.25) is 0 Å². The highest BCUT2D eigenvalue weighted by Crippen LogP contribution is 2.12. The Kier molecular flexibility index (Phi) is 11.9. The van der Waals surface area contributed by atoms with Crippen LogP contribution >= 0.6 is 0 Å². The van der Waals surface area contributed by atoms with Gasteiger partial charge in [-0.05, 0) is 18.8 Å². The lowest BCUT2D eigenvalue weighted by atomic mass is 10.2. The molecule has 0 radical (unpaired) electrons. The van der Waals surface area contributed by atoms with Crippen molar-refractivity contribution in [1.82, 2.24) is 0 Å². The van der Waals surface area contributed by atoms with E-state index in [1.165, 1.54) is 0 Å². The van der Waals surface area contributed by atoms with Crippen molar-refractivity contribution in [1.29, 1.82) is 0 Å². The van der Waals surface area contributed by atoms with Crippen molar-refractivity contribution in [2.24, 2.45) is 17.6 Å². The number of nitrogens with two attached hydrogens (primary N) is 1. The molecule has 0 bridgehead atoms. The second-order valence-electron chi connectivity index (χ2n) is 4.85. The van der Waals surface area contributed by atoms with Crippen LogP contribution < -0.4 is 5.73 Å². The summed E-state index contributed by atoms with van der Waals surface area (Å²) in [4.78, 5) is 0. The Hall–Kier alpha value is -0.210. The highest BCUT2D eigenvalue weighted by Gasteiger charge is 2.24. The van der Waals surface area contributed by atoms with Crippen molar-refractivity contribution in [3.8, 4) is 0 Å². The van der Waals surface area contributed by atoms with Crippen molar-refractivity contribution >= 4 is 10.1 Å². The van der Waals surface area contributed by atoms with Crippen molar-refractivity contribution in [2.75, 3.05) is 25.6 Å². The van der Waals surface area contributed by atoms with E-state index in [0.717, 1.165) is 0 Å². The van der Waals surface area contributed by atoms with Gasteiger partial charge >= 0.3 is 0 Å². The summed E-state index contributed by atoms with van der Waals surface area (Å²) in [6.07, 6.45) is 0. The van der Waals surface area contributed by atoms with Gasteiger partial charge in [0.1, 0.15) is 0 Å². The van der Waals surface area contributed by atoms with Gasteiger partial charge in [-0.2, -0.15) is 8.42 Å². The predicted octanol–water partition coefficient (Wildman–Crippen LogP) is -0.0569. The Morgan fingerprint density at radius 2 is 1.67 bits per heavy atom. The molecule has 1 rings (SSSR count). The lowest BCUT2D eigenvalue weighted by Crippen LogP contribution is -2.18. The summed E-state index contributed by atoms with van der Waals surface area (Å²) in [6.45, 7) is 8.30. The van der Waals surface area contributed by atoms with E-state index in [1.807, 2.05) is 20.8 Å². The first-order valence-electron chi connectivity index (χ1n) is 5.99. The summed E-state index contributed by atoms with van der Waals surface area (Å²) in [5.41, 5.74) is 5.04. The van der Waals surface area contributed by atoms with Crippen LogP contribution in [-0.2, 0) is 14.3 Å². The molecule has 1 aliphatic rings. The minimum Gasteiger partial charge on any atom is -0.396 e. The summed E-state index contributed by atoms with van der Waals surface area (Å²) in [6, 6.07) is -0.0602. The minimum atomic E-state index is -3.10. The van der Waals surface area contributed by atoms with Crippen molar-refractivity contribution in [2.45, 2.75) is 33.7 Å². The number of hydrogen-bond donors (Lipinski definition) is 3. The average molecular weight is 285 g/mol. The van der Waals surface area contributed by atoms with Crippen LogP contribution in [0.25, 0.3) is 0 Å². The molecular formula is C11H27NO5S. The van der Waals surface area contributed by atoms with Gasteiger partial charge in [0.25, 0.3) is 10.1 Å². The maximum Gasteiger partial charge on any atom is 0.267 e. The smallest absolute Gasteiger partial charge is 0.267 e. The molecular weight excluding hydrogens is 258 g/mol. The minimum absolute atomic E-state index is 0.0602. The lowest BCUT2D eigenvalue weighted by molar-refractivity contribution is 0.248. The fourth-order valence-corrected chi connectivity index (χ4v) is 1.99. The van der Waals surface area contributed by atoms with Crippen LogP contribution in [0.5, 0.6) is 0 Å². The summed E-state index contributed by atoms with van der Waals surface area (Å²) in [5.74, 6) is 0.808. The van der Waals surface area contributed by atoms with E-state index in [4.69, 9.17) is 15.9 Å². The first-order chi connectivity index (χ1) is 8.14. The van der Waals surface area contributed by atoms with Crippen LogP contribution in [0.1, 0.15) is 27.7 Å². The van der Waals surface area contributed by atoms with Gasteiger partial charge in [0.15, 0.2) is 0 Å². The zero-order chi connectivity index (χ0) is 14.8. The third-order valence-electron chi connectivity index (χ3n) is 1.67. The van der Waals surface area contributed by atoms with E-state index < -0.39 is 10.1 Å². The quantitative estimate of drug-likeness (QED) is 0.613. The molecule has 0 aliphatic carbocycles. The van der Waals surface area contributed by atoms with Gasteiger partial charge in [-0.3, -0.25) is 4.18 Å². The molecule has 7 heteroatoms. The average Bonchev–Trinajstić information content (AvgIpc) is 2.58. The van der Waals surface area contributed by atoms with Crippen LogP contribution in [0.2, 0.25) is 0 Å². The maximum atomic E-state index is 10.4. The number of aliphatic hydroxyl groups excluding tert-OH is 2. The van der Waals surface area contributed by atoms with Crippen LogP contribution in [0.4, 0.5) is 0 Å². The topological polar surface area (TPSA) is 110 Å². The van der Waals surface area contributed by atoms with Gasteiger partial charge in [0, 0.05) is 12.6 Å². The van der Waals surface area contributed by atoms with E-state index >= 15 is 0 Å². The fourth-order valence-electron chi connectivity index (χ4n) is 0.665. The Bertz CT molecular complexity index is 269. The van der Waals surface area contributed by atoms with Gasteiger partial charge in [-0.25, -0.2) is 0 Å². The molecule has 0 aromatic rings. The first-order valence-corrected chi connectivity index (χ1v) is 7.56. The molecule has 1 heterocycles. The molecule has 1 aliphatic heterocycles. The van der Waals surface area contributed by atoms with Crippen LogP contribution in [0.15, 0.2) is 0 Å². The molecule has 2 atom stereocenters. The van der Waals surface area contributed by atoms with Crippen LogP contribution in [0, 0.1) is 11.8 Å². The molecule has 6 nitrogen and oxygen atoms in total. The van der Waals surface area contributed by atoms with Gasteiger partial charge in [-0.15, -0.1) is 0 Å². The SMILES string of the molecule is CC(C)CO.C[C@H](N)CO.C[C@H]1COS(=O)(=O)C1. The highest BCUT2D eigenvalue weighted by atomic mass is 32.2. The third kappa shape index (κ3) is 15.8. The third-order valence-corrected chi connectivity index (χ3v) is 3.15. The normalized spacial score (nSPS) is 22.6. The van der Waals surface area contributed by atoms with E-state index in [0.29, 0.717) is 19.1 Å². The lowest BCUT2D eigenvalue weighted by Gasteiger charge is -1.91. The molecule has 18 heavy (non-hydrogen) atoms. The van der Waals surface area contributed by atoms with E-state index in [-0.39, 0.29) is 24.3 Å². The summed E-state index contributed by atoms with van der Waals surface area (Å²) in [7, 11) is -3.10. The molecule has 0 amide bonds. The number of hydrogen-bond acceptors (Lipinski definition) is 6.